The molecule has 2 aromatic rings. The zero-order chi connectivity index (χ0) is 13.4. The molecular weight excluding hydrogens is 308 g/mol. The molecule has 1 aliphatic heterocycles. The van der Waals surface area contributed by atoms with Crippen molar-refractivity contribution >= 4 is 33.0 Å². The predicted octanol–water partition coefficient (Wildman–Crippen LogP) is 3.81. The second kappa shape index (κ2) is 4.66. The third-order valence-corrected chi connectivity index (χ3v) is 3.50. The van der Waals surface area contributed by atoms with Crippen LogP contribution in [0.3, 0.4) is 0 Å². The van der Waals surface area contributed by atoms with Gasteiger partial charge in [0.05, 0.1) is 11.4 Å². The van der Waals surface area contributed by atoms with Gasteiger partial charge in [-0.25, -0.2) is 0 Å². The number of hydrogen-bond acceptors (Lipinski definition) is 4. The molecule has 0 amide bonds. The van der Waals surface area contributed by atoms with Gasteiger partial charge in [0.15, 0.2) is 11.5 Å². The Kier molecular flexibility index (Phi) is 2.98. The summed E-state index contributed by atoms with van der Waals surface area (Å²) in [4.78, 5) is 0. The van der Waals surface area contributed by atoms with Crippen LogP contribution in [0.4, 0.5) is 17.1 Å². The molecule has 2 aromatic carbocycles. The summed E-state index contributed by atoms with van der Waals surface area (Å²) in [5, 5.41) is 3.32. The molecule has 0 spiro atoms. The fraction of sp³-hybridized carbons (Fsp3) is 0.143. The maximum atomic E-state index is 5.98. The lowest BCUT2D eigenvalue weighted by atomic mass is 10.1. The summed E-state index contributed by atoms with van der Waals surface area (Å²) in [7, 11) is 0. The molecule has 5 heteroatoms. The van der Waals surface area contributed by atoms with Gasteiger partial charge in [0.2, 0.25) is 6.79 Å². The van der Waals surface area contributed by atoms with Crippen LogP contribution >= 0.6 is 15.9 Å². The average molecular weight is 321 g/mol. The van der Waals surface area contributed by atoms with E-state index >= 15 is 0 Å². The average Bonchev–Trinajstić information content (AvgIpc) is 2.80. The second-order valence-electron chi connectivity index (χ2n) is 4.38. The van der Waals surface area contributed by atoms with Gasteiger partial charge in [-0.15, -0.1) is 0 Å². The molecule has 0 aliphatic carbocycles. The van der Waals surface area contributed by atoms with E-state index < -0.39 is 0 Å². The summed E-state index contributed by atoms with van der Waals surface area (Å²) < 4.78 is 11.7. The minimum Gasteiger partial charge on any atom is -0.454 e. The van der Waals surface area contributed by atoms with Crippen LogP contribution in [-0.2, 0) is 0 Å². The molecule has 0 atom stereocenters. The molecule has 3 N–H and O–H groups in total. The Morgan fingerprint density at radius 2 is 1.84 bits per heavy atom. The first-order valence-electron chi connectivity index (χ1n) is 5.86. The van der Waals surface area contributed by atoms with Gasteiger partial charge >= 0.3 is 0 Å². The minimum atomic E-state index is 0.276. The summed E-state index contributed by atoms with van der Waals surface area (Å²) in [6, 6.07) is 9.63. The van der Waals surface area contributed by atoms with E-state index in [9.17, 15) is 0 Å². The molecule has 19 heavy (non-hydrogen) atoms. The van der Waals surface area contributed by atoms with Crippen molar-refractivity contribution in [2.24, 2.45) is 0 Å². The number of nitrogens with one attached hydrogen (secondary N) is 1. The van der Waals surface area contributed by atoms with Gasteiger partial charge in [-0.2, -0.15) is 0 Å². The molecule has 3 rings (SSSR count). The van der Waals surface area contributed by atoms with Crippen LogP contribution in [0.15, 0.2) is 34.8 Å². The summed E-state index contributed by atoms with van der Waals surface area (Å²) >= 11 is 3.39. The lowest BCUT2D eigenvalue weighted by molar-refractivity contribution is 0.174. The molecule has 98 valence electrons. The van der Waals surface area contributed by atoms with E-state index in [1.165, 1.54) is 0 Å². The van der Waals surface area contributed by atoms with Gasteiger partial charge in [0.1, 0.15) is 0 Å². The maximum Gasteiger partial charge on any atom is 0.231 e. The fourth-order valence-electron chi connectivity index (χ4n) is 1.97. The zero-order valence-corrected chi connectivity index (χ0v) is 12.0. The van der Waals surface area contributed by atoms with Gasteiger partial charge in [-0.3, -0.25) is 0 Å². The van der Waals surface area contributed by atoms with Crippen molar-refractivity contribution in [3.63, 3.8) is 0 Å². The third kappa shape index (κ3) is 2.33. The van der Waals surface area contributed by atoms with Crippen LogP contribution in [0.2, 0.25) is 0 Å². The number of nitrogens with two attached hydrogens (primary N) is 1. The lowest BCUT2D eigenvalue weighted by Crippen LogP contribution is -1.98. The van der Waals surface area contributed by atoms with Crippen LogP contribution in [0.5, 0.6) is 11.5 Å². The maximum absolute atomic E-state index is 5.98. The minimum absolute atomic E-state index is 0.276. The first-order chi connectivity index (χ1) is 9.13. The molecule has 0 fully saturated rings. The molecular formula is C14H13BrN2O2. The third-order valence-electron chi connectivity index (χ3n) is 3.00. The Labute approximate surface area is 119 Å². The number of rotatable bonds is 2. The number of halogens is 1. The van der Waals surface area contributed by atoms with Crippen molar-refractivity contribution in [1.29, 1.82) is 0 Å². The van der Waals surface area contributed by atoms with Crippen molar-refractivity contribution in [2.75, 3.05) is 17.8 Å². The number of ether oxygens (including phenoxy) is 2. The lowest BCUT2D eigenvalue weighted by Gasteiger charge is -2.12. The molecule has 1 heterocycles. The highest BCUT2D eigenvalue weighted by Gasteiger charge is 2.16. The van der Waals surface area contributed by atoms with Gasteiger partial charge in [0.25, 0.3) is 0 Å². The van der Waals surface area contributed by atoms with Crippen molar-refractivity contribution in [1.82, 2.24) is 0 Å². The number of nitrogen functional groups attached to an aromatic ring is 1. The monoisotopic (exact) mass is 320 g/mol. The molecule has 0 saturated heterocycles. The number of fused-ring (bicyclic) bond motifs is 1. The molecule has 0 saturated carbocycles. The molecule has 0 aromatic heterocycles. The Morgan fingerprint density at radius 3 is 2.58 bits per heavy atom. The van der Waals surface area contributed by atoms with E-state index in [4.69, 9.17) is 15.2 Å². The first-order valence-corrected chi connectivity index (χ1v) is 6.65. The standard InChI is InChI=1S/C14H13BrN2O2/c1-8-4-13-14(19-7-18-13)6-12(8)17-11-3-2-9(15)5-10(11)16/h2-6,17H,7,16H2,1H3. The second-order valence-corrected chi connectivity index (χ2v) is 5.29. The highest BCUT2D eigenvalue weighted by molar-refractivity contribution is 9.10. The Morgan fingerprint density at radius 1 is 1.11 bits per heavy atom. The number of anilines is 3. The van der Waals surface area contributed by atoms with Crippen molar-refractivity contribution in [3.8, 4) is 11.5 Å². The highest BCUT2D eigenvalue weighted by atomic mass is 79.9. The van der Waals surface area contributed by atoms with Gasteiger partial charge in [-0.1, -0.05) is 15.9 Å². The Balaban J connectivity index is 1.95. The quantitative estimate of drug-likeness (QED) is 0.826. The van der Waals surface area contributed by atoms with Crippen molar-refractivity contribution < 1.29 is 9.47 Å². The molecule has 0 bridgehead atoms. The first kappa shape index (κ1) is 12.2. The van der Waals surface area contributed by atoms with E-state index in [0.29, 0.717) is 5.69 Å². The summed E-state index contributed by atoms with van der Waals surface area (Å²) in [5.41, 5.74) is 9.57. The summed E-state index contributed by atoms with van der Waals surface area (Å²) in [5.74, 6) is 1.54. The SMILES string of the molecule is Cc1cc2c(cc1Nc1ccc(Br)cc1N)OCO2. The van der Waals surface area contributed by atoms with E-state index in [2.05, 4.69) is 21.2 Å². The van der Waals surface area contributed by atoms with Crippen LogP contribution in [-0.4, -0.2) is 6.79 Å². The van der Waals surface area contributed by atoms with Crippen LogP contribution < -0.4 is 20.5 Å². The Bertz CT molecular complexity index is 644. The molecule has 0 unspecified atom stereocenters. The summed E-state index contributed by atoms with van der Waals surface area (Å²) in [6.07, 6.45) is 0. The van der Waals surface area contributed by atoms with Crippen LogP contribution in [0.25, 0.3) is 0 Å². The molecule has 4 nitrogen and oxygen atoms in total. The van der Waals surface area contributed by atoms with Crippen molar-refractivity contribution in [2.45, 2.75) is 6.92 Å². The molecule has 1 aliphatic rings. The van der Waals surface area contributed by atoms with Gasteiger partial charge in [-0.05, 0) is 36.8 Å². The fourth-order valence-corrected chi connectivity index (χ4v) is 2.35. The van der Waals surface area contributed by atoms with Gasteiger partial charge < -0.3 is 20.5 Å². The largest absolute Gasteiger partial charge is 0.454 e. The summed E-state index contributed by atoms with van der Waals surface area (Å²) in [6.45, 7) is 2.29. The predicted molar refractivity (Wildman–Crippen MR) is 79.1 cm³/mol. The smallest absolute Gasteiger partial charge is 0.231 e. The highest BCUT2D eigenvalue weighted by Crippen LogP contribution is 2.38. The van der Waals surface area contributed by atoms with E-state index in [1.807, 2.05) is 37.3 Å². The zero-order valence-electron chi connectivity index (χ0n) is 10.4. The number of benzene rings is 2. The van der Waals surface area contributed by atoms with E-state index in [-0.39, 0.29) is 6.79 Å². The van der Waals surface area contributed by atoms with E-state index in [0.717, 1.165) is 32.9 Å². The topological polar surface area (TPSA) is 56.5 Å². The van der Waals surface area contributed by atoms with E-state index in [1.54, 1.807) is 0 Å². The van der Waals surface area contributed by atoms with Crippen LogP contribution in [0.1, 0.15) is 5.56 Å². The normalized spacial score (nSPS) is 12.5. The van der Waals surface area contributed by atoms with Crippen LogP contribution in [0, 0.1) is 6.92 Å². The number of aryl methyl sites for hydroxylation is 1. The Hall–Kier alpha value is -1.88. The van der Waals surface area contributed by atoms with Gasteiger partial charge in [0, 0.05) is 16.2 Å². The van der Waals surface area contributed by atoms with Crippen molar-refractivity contribution in [3.05, 3.63) is 40.4 Å². The number of hydrogen-bond donors (Lipinski definition) is 2. The molecule has 0 radical (unpaired) electrons.